The van der Waals surface area contributed by atoms with Crippen molar-refractivity contribution in [2.45, 2.75) is 25.0 Å². The zero-order valence-electron chi connectivity index (χ0n) is 9.78. The number of rotatable bonds is 4. The van der Waals surface area contributed by atoms with E-state index in [1.54, 1.807) is 6.92 Å². The van der Waals surface area contributed by atoms with Crippen molar-refractivity contribution < 1.29 is 13.2 Å². The Morgan fingerprint density at radius 2 is 2.12 bits per heavy atom. The maximum atomic E-state index is 11.8. The lowest BCUT2D eigenvalue weighted by atomic mass is 10.2. The zero-order chi connectivity index (χ0) is 13.2. The topological polar surface area (TPSA) is 63.2 Å². The third-order valence-corrected chi connectivity index (χ3v) is 5.44. The van der Waals surface area contributed by atoms with E-state index in [1.807, 2.05) is 13.8 Å². The fourth-order valence-corrected chi connectivity index (χ4v) is 3.81. The summed E-state index contributed by atoms with van der Waals surface area (Å²) in [6.45, 7) is 6.10. The molecule has 17 heavy (non-hydrogen) atoms. The van der Waals surface area contributed by atoms with E-state index in [0.29, 0.717) is 23.6 Å². The predicted octanol–water partition coefficient (Wildman–Crippen LogP) is 2.37. The van der Waals surface area contributed by atoms with Gasteiger partial charge in [-0.05, 0) is 18.4 Å². The van der Waals surface area contributed by atoms with Gasteiger partial charge in [-0.1, -0.05) is 13.8 Å². The van der Waals surface area contributed by atoms with Crippen LogP contribution in [0.15, 0.2) is 9.59 Å². The first-order valence-electron chi connectivity index (χ1n) is 5.04. The first kappa shape index (κ1) is 14.5. The number of thiophene rings is 1. The molecule has 1 aromatic rings. The number of hydrogen-bond donors (Lipinski definition) is 1. The summed E-state index contributed by atoms with van der Waals surface area (Å²) in [5.74, 6) is 0.0770. The molecule has 0 bridgehead atoms. The van der Waals surface area contributed by atoms with Gasteiger partial charge in [-0.2, -0.15) is 0 Å². The van der Waals surface area contributed by atoms with E-state index in [-0.39, 0.29) is 10.1 Å². The average molecular weight is 296 g/mol. The Balaban J connectivity index is 2.94. The first-order chi connectivity index (χ1) is 7.73. The molecule has 0 unspecified atom stereocenters. The molecule has 1 aromatic heterocycles. The highest BCUT2D eigenvalue weighted by Gasteiger charge is 2.21. The Morgan fingerprint density at radius 3 is 2.53 bits per heavy atom. The zero-order valence-corrected chi connectivity index (χ0v) is 12.2. The van der Waals surface area contributed by atoms with Gasteiger partial charge >= 0.3 is 0 Å². The van der Waals surface area contributed by atoms with Crippen LogP contribution >= 0.6 is 22.0 Å². The van der Waals surface area contributed by atoms with Gasteiger partial charge < -0.3 is 5.32 Å². The van der Waals surface area contributed by atoms with Gasteiger partial charge in [0.15, 0.2) is 0 Å². The quantitative estimate of drug-likeness (QED) is 0.867. The monoisotopic (exact) mass is 295 g/mol. The van der Waals surface area contributed by atoms with E-state index >= 15 is 0 Å². The van der Waals surface area contributed by atoms with E-state index in [2.05, 4.69) is 5.32 Å². The maximum absolute atomic E-state index is 11.8. The standard InChI is InChI=1S/C10H14ClNO3S2/c1-6(2)4-12-9(13)8-5-16-10(7(8)3)17(11,14)15/h5-6H,4H2,1-3H3,(H,12,13). The third kappa shape index (κ3) is 3.69. The van der Waals surface area contributed by atoms with E-state index in [1.165, 1.54) is 5.38 Å². The summed E-state index contributed by atoms with van der Waals surface area (Å²) < 4.78 is 22.4. The summed E-state index contributed by atoms with van der Waals surface area (Å²) >= 11 is 0.965. The molecule has 1 heterocycles. The molecule has 1 amide bonds. The molecular weight excluding hydrogens is 282 g/mol. The molecule has 0 aliphatic carbocycles. The Morgan fingerprint density at radius 1 is 1.53 bits per heavy atom. The van der Waals surface area contributed by atoms with Crippen molar-refractivity contribution in [3.8, 4) is 0 Å². The molecule has 0 aliphatic rings. The highest BCUT2D eigenvalue weighted by atomic mass is 35.7. The molecule has 7 heteroatoms. The fourth-order valence-electron chi connectivity index (χ4n) is 1.26. The van der Waals surface area contributed by atoms with Crippen LogP contribution in [0.2, 0.25) is 0 Å². The van der Waals surface area contributed by atoms with Crippen LogP contribution in [0.25, 0.3) is 0 Å². The van der Waals surface area contributed by atoms with Gasteiger partial charge in [-0.25, -0.2) is 8.42 Å². The molecule has 0 aromatic carbocycles. The van der Waals surface area contributed by atoms with E-state index in [0.717, 1.165) is 11.3 Å². The second-order valence-electron chi connectivity index (χ2n) is 4.10. The van der Waals surface area contributed by atoms with Crippen LogP contribution in [-0.2, 0) is 9.05 Å². The SMILES string of the molecule is Cc1c(C(=O)NCC(C)C)csc1S(=O)(=O)Cl. The third-order valence-electron chi connectivity index (χ3n) is 2.13. The van der Waals surface area contributed by atoms with Crippen LogP contribution < -0.4 is 5.32 Å². The Labute approximate surface area is 109 Å². The van der Waals surface area contributed by atoms with Crippen LogP contribution in [0.4, 0.5) is 0 Å². The normalized spacial score (nSPS) is 11.8. The van der Waals surface area contributed by atoms with Crippen LogP contribution in [0.5, 0.6) is 0 Å². The van der Waals surface area contributed by atoms with Gasteiger partial charge in [-0.15, -0.1) is 11.3 Å². The number of carbonyl (C=O) groups excluding carboxylic acids is 1. The molecule has 0 aliphatic heterocycles. The van der Waals surface area contributed by atoms with E-state index in [4.69, 9.17) is 10.7 Å². The van der Waals surface area contributed by atoms with Gasteiger partial charge in [0, 0.05) is 22.6 Å². The highest BCUT2D eigenvalue weighted by Crippen LogP contribution is 2.29. The Kier molecular flexibility index (Phi) is 4.57. The maximum Gasteiger partial charge on any atom is 0.271 e. The van der Waals surface area contributed by atoms with Crippen molar-refractivity contribution in [2.75, 3.05) is 6.54 Å². The molecule has 0 atom stereocenters. The van der Waals surface area contributed by atoms with Crippen molar-refractivity contribution in [1.29, 1.82) is 0 Å². The molecule has 96 valence electrons. The van der Waals surface area contributed by atoms with Crippen LogP contribution in [0, 0.1) is 12.8 Å². The number of carbonyl (C=O) groups is 1. The molecule has 0 radical (unpaired) electrons. The smallest absolute Gasteiger partial charge is 0.271 e. The van der Waals surface area contributed by atoms with Crippen molar-refractivity contribution in [1.82, 2.24) is 5.32 Å². The van der Waals surface area contributed by atoms with Crippen LogP contribution in [0.3, 0.4) is 0 Å². The summed E-state index contributed by atoms with van der Waals surface area (Å²) in [7, 11) is 1.49. The molecule has 4 nitrogen and oxygen atoms in total. The van der Waals surface area contributed by atoms with Crippen LogP contribution in [-0.4, -0.2) is 20.9 Å². The molecule has 0 saturated heterocycles. The van der Waals surface area contributed by atoms with Gasteiger partial charge in [-0.3, -0.25) is 4.79 Å². The summed E-state index contributed by atoms with van der Waals surface area (Å²) in [4.78, 5) is 11.8. The summed E-state index contributed by atoms with van der Waals surface area (Å²) in [5, 5.41) is 4.25. The second kappa shape index (κ2) is 5.37. The lowest BCUT2D eigenvalue weighted by molar-refractivity contribution is 0.0948. The average Bonchev–Trinajstić information content (AvgIpc) is 2.55. The molecule has 1 rings (SSSR count). The Bertz CT molecular complexity index is 520. The minimum atomic E-state index is -3.77. The number of halogens is 1. The molecule has 0 fully saturated rings. The molecule has 1 N–H and O–H groups in total. The second-order valence-corrected chi connectivity index (χ2v) is 7.74. The minimum absolute atomic E-state index is 0.0360. The lowest BCUT2D eigenvalue weighted by Crippen LogP contribution is -2.27. The largest absolute Gasteiger partial charge is 0.352 e. The van der Waals surface area contributed by atoms with Crippen molar-refractivity contribution in [2.24, 2.45) is 5.92 Å². The van der Waals surface area contributed by atoms with Crippen molar-refractivity contribution >= 4 is 37.0 Å². The lowest BCUT2D eigenvalue weighted by Gasteiger charge is -2.07. The van der Waals surface area contributed by atoms with Gasteiger partial charge in [0.1, 0.15) is 4.21 Å². The summed E-state index contributed by atoms with van der Waals surface area (Å²) in [5.41, 5.74) is 0.779. The summed E-state index contributed by atoms with van der Waals surface area (Å²) in [6, 6.07) is 0. The van der Waals surface area contributed by atoms with Gasteiger partial charge in [0.25, 0.3) is 15.0 Å². The molecular formula is C10H14ClNO3S2. The Hall–Kier alpha value is -0.590. The summed E-state index contributed by atoms with van der Waals surface area (Å²) in [6.07, 6.45) is 0. The minimum Gasteiger partial charge on any atom is -0.352 e. The predicted molar refractivity (Wildman–Crippen MR) is 69.3 cm³/mol. The number of nitrogens with one attached hydrogen (secondary N) is 1. The van der Waals surface area contributed by atoms with E-state index < -0.39 is 9.05 Å². The molecule has 0 saturated carbocycles. The van der Waals surface area contributed by atoms with Gasteiger partial charge in [0.2, 0.25) is 0 Å². The first-order valence-corrected chi connectivity index (χ1v) is 8.23. The number of amides is 1. The van der Waals surface area contributed by atoms with E-state index in [9.17, 15) is 13.2 Å². The van der Waals surface area contributed by atoms with Crippen LogP contribution in [0.1, 0.15) is 29.8 Å². The van der Waals surface area contributed by atoms with Gasteiger partial charge in [0.05, 0.1) is 5.56 Å². The molecule has 0 spiro atoms. The number of hydrogen-bond acceptors (Lipinski definition) is 4. The van der Waals surface area contributed by atoms with Crippen molar-refractivity contribution in [3.63, 3.8) is 0 Å². The highest BCUT2D eigenvalue weighted by molar-refractivity contribution is 8.15. The fraction of sp³-hybridized carbons (Fsp3) is 0.500. The van der Waals surface area contributed by atoms with Crippen molar-refractivity contribution in [3.05, 3.63) is 16.5 Å².